The van der Waals surface area contributed by atoms with E-state index >= 15 is 0 Å². The Labute approximate surface area is 170 Å². The van der Waals surface area contributed by atoms with E-state index in [1.807, 2.05) is 30.3 Å². The molecule has 1 amide bonds. The third-order valence-electron chi connectivity index (χ3n) is 4.83. The molecule has 0 radical (unpaired) electrons. The van der Waals surface area contributed by atoms with E-state index in [1.54, 1.807) is 24.9 Å². The molecule has 0 saturated carbocycles. The summed E-state index contributed by atoms with van der Waals surface area (Å²) >= 11 is 0. The van der Waals surface area contributed by atoms with Crippen molar-refractivity contribution < 1.29 is 19.6 Å². The lowest BCUT2D eigenvalue weighted by atomic mass is 9.95. The first-order chi connectivity index (χ1) is 13.7. The molecule has 0 bridgehead atoms. The first-order valence-corrected chi connectivity index (χ1v) is 9.46. The fraction of sp³-hybridized carbons (Fsp3) is 0.364. The van der Waals surface area contributed by atoms with Gasteiger partial charge in [0, 0.05) is 26.1 Å². The number of hydrogen-bond donors (Lipinski definition) is 1. The Morgan fingerprint density at radius 3 is 2.45 bits per heavy atom. The monoisotopic (exact) mass is 398 g/mol. The summed E-state index contributed by atoms with van der Waals surface area (Å²) in [6.07, 6.45) is 0.0644. The topological polar surface area (TPSA) is 101 Å². The van der Waals surface area contributed by atoms with Crippen LogP contribution in [-0.4, -0.2) is 33.7 Å². The molecule has 7 heteroatoms. The van der Waals surface area contributed by atoms with E-state index in [0.29, 0.717) is 30.5 Å². The molecule has 7 nitrogen and oxygen atoms in total. The van der Waals surface area contributed by atoms with E-state index in [1.165, 1.54) is 13.0 Å². The van der Waals surface area contributed by atoms with Gasteiger partial charge in [-0.25, -0.2) is 0 Å². The second kappa shape index (κ2) is 9.93. The van der Waals surface area contributed by atoms with Gasteiger partial charge in [0.25, 0.3) is 5.69 Å². The highest BCUT2D eigenvalue weighted by Crippen LogP contribution is 2.29. The number of hydrogen-bond acceptors (Lipinski definition) is 5. The van der Waals surface area contributed by atoms with Crippen LogP contribution in [0.1, 0.15) is 59.3 Å². The minimum atomic E-state index is -0.944. The average Bonchev–Trinajstić information content (AvgIpc) is 2.67. The minimum Gasteiger partial charge on any atom is -0.388 e. The molecule has 0 heterocycles. The van der Waals surface area contributed by atoms with Crippen LogP contribution in [0.15, 0.2) is 42.5 Å². The molecule has 0 aliphatic rings. The molecule has 154 valence electrons. The first kappa shape index (κ1) is 22.2. The Balaban J connectivity index is 1.96. The van der Waals surface area contributed by atoms with E-state index in [0.717, 1.165) is 5.56 Å². The van der Waals surface area contributed by atoms with Gasteiger partial charge in [-0.3, -0.25) is 19.7 Å². The second-order valence-corrected chi connectivity index (χ2v) is 7.19. The van der Waals surface area contributed by atoms with Gasteiger partial charge >= 0.3 is 0 Å². The van der Waals surface area contributed by atoms with Crippen molar-refractivity contribution in [1.82, 2.24) is 4.90 Å². The summed E-state index contributed by atoms with van der Waals surface area (Å²) in [6.45, 7) is 3.41. The normalized spacial score (nSPS) is 11.7. The van der Waals surface area contributed by atoms with Crippen LogP contribution in [0.4, 0.5) is 5.69 Å². The third-order valence-corrected chi connectivity index (χ3v) is 4.83. The van der Waals surface area contributed by atoms with Crippen LogP contribution >= 0.6 is 0 Å². The third kappa shape index (κ3) is 5.96. The van der Waals surface area contributed by atoms with E-state index < -0.39 is 11.0 Å². The van der Waals surface area contributed by atoms with Gasteiger partial charge in [0.2, 0.25) is 5.91 Å². The number of amides is 1. The van der Waals surface area contributed by atoms with Crippen molar-refractivity contribution in [3.05, 3.63) is 74.8 Å². The molecule has 1 atom stereocenters. The number of aliphatic hydroxyl groups is 1. The lowest BCUT2D eigenvalue weighted by Crippen LogP contribution is -2.25. The van der Waals surface area contributed by atoms with Gasteiger partial charge in [0.1, 0.15) is 0 Å². The van der Waals surface area contributed by atoms with E-state index in [9.17, 15) is 24.8 Å². The zero-order valence-corrected chi connectivity index (χ0v) is 16.9. The fourth-order valence-electron chi connectivity index (χ4n) is 3.34. The van der Waals surface area contributed by atoms with Crippen LogP contribution in [0, 0.1) is 17.0 Å². The van der Waals surface area contributed by atoms with Gasteiger partial charge in [-0.1, -0.05) is 36.4 Å². The molecule has 2 rings (SSSR count). The Bertz CT molecular complexity index is 896. The van der Waals surface area contributed by atoms with Gasteiger partial charge in [0.15, 0.2) is 5.78 Å². The number of nitrogens with zero attached hydrogens (tertiary/aromatic N) is 2. The van der Waals surface area contributed by atoms with E-state index in [4.69, 9.17) is 0 Å². The molecule has 1 unspecified atom stereocenters. The maximum absolute atomic E-state index is 12.3. The zero-order chi connectivity index (χ0) is 21.6. The predicted molar refractivity (Wildman–Crippen MR) is 110 cm³/mol. The Morgan fingerprint density at radius 1 is 1.21 bits per heavy atom. The lowest BCUT2D eigenvalue weighted by Gasteiger charge is -2.18. The number of nitro groups is 1. The van der Waals surface area contributed by atoms with Crippen molar-refractivity contribution in [2.45, 2.75) is 45.8 Å². The molecular formula is C22H26N2O5. The molecule has 0 spiro atoms. The van der Waals surface area contributed by atoms with Crippen molar-refractivity contribution in [3.63, 3.8) is 0 Å². The fourth-order valence-corrected chi connectivity index (χ4v) is 3.34. The highest BCUT2D eigenvalue weighted by molar-refractivity contribution is 5.99. The molecule has 29 heavy (non-hydrogen) atoms. The van der Waals surface area contributed by atoms with Gasteiger partial charge in [-0.05, 0) is 43.4 Å². The van der Waals surface area contributed by atoms with Gasteiger partial charge < -0.3 is 10.0 Å². The Morgan fingerprint density at radius 2 is 1.86 bits per heavy atom. The highest BCUT2D eigenvalue weighted by atomic mass is 16.6. The largest absolute Gasteiger partial charge is 0.388 e. The maximum Gasteiger partial charge on any atom is 0.280 e. The number of nitro benzene ring substituents is 1. The molecule has 0 saturated heterocycles. The lowest BCUT2D eigenvalue weighted by molar-refractivity contribution is -0.385. The Hall–Kier alpha value is -3.06. The zero-order valence-electron chi connectivity index (χ0n) is 16.9. The van der Waals surface area contributed by atoms with Crippen LogP contribution in [-0.2, 0) is 11.3 Å². The minimum absolute atomic E-state index is 0.0323. The molecule has 0 fully saturated rings. The summed E-state index contributed by atoms with van der Waals surface area (Å²) in [5, 5.41) is 21.7. The van der Waals surface area contributed by atoms with E-state index in [2.05, 4.69) is 0 Å². The van der Waals surface area contributed by atoms with Crippen LogP contribution in [0.25, 0.3) is 0 Å². The van der Waals surface area contributed by atoms with E-state index in [-0.39, 0.29) is 29.4 Å². The SMILES string of the molecule is CC(=O)c1c(C)cc(C(O)CCCC(=O)N(C)Cc2ccccc2)cc1[N+](=O)[O-]. The summed E-state index contributed by atoms with van der Waals surface area (Å²) in [7, 11) is 1.74. The summed E-state index contributed by atoms with van der Waals surface area (Å²) in [4.78, 5) is 36.3. The average molecular weight is 398 g/mol. The number of Topliss-reactive ketones (excluding diaryl/α,β-unsaturated/α-hetero) is 1. The molecule has 0 aliphatic carbocycles. The summed E-state index contributed by atoms with van der Waals surface area (Å²) < 4.78 is 0. The van der Waals surface area contributed by atoms with Gasteiger partial charge in [-0.2, -0.15) is 0 Å². The Kier molecular flexibility index (Phi) is 7.61. The number of benzene rings is 2. The molecule has 0 aliphatic heterocycles. The number of ketones is 1. The number of carbonyl (C=O) groups excluding carboxylic acids is 2. The smallest absolute Gasteiger partial charge is 0.280 e. The molecule has 2 aromatic rings. The summed E-state index contributed by atoms with van der Waals surface area (Å²) in [5.41, 5.74) is 1.63. The molecule has 0 aromatic heterocycles. The maximum atomic E-state index is 12.3. The quantitative estimate of drug-likeness (QED) is 0.391. The molecule has 2 aromatic carbocycles. The number of aryl methyl sites for hydroxylation is 1. The van der Waals surface area contributed by atoms with Crippen molar-refractivity contribution >= 4 is 17.4 Å². The van der Waals surface area contributed by atoms with Gasteiger partial charge in [0.05, 0.1) is 16.6 Å². The number of rotatable bonds is 9. The van der Waals surface area contributed by atoms with Crippen LogP contribution < -0.4 is 0 Å². The van der Waals surface area contributed by atoms with Crippen LogP contribution in [0.3, 0.4) is 0 Å². The van der Waals surface area contributed by atoms with Crippen LogP contribution in [0.5, 0.6) is 0 Å². The van der Waals surface area contributed by atoms with Crippen LogP contribution in [0.2, 0.25) is 0 Å². The van der Waals surface area contributed by atoms with Gasteiger partial charge in [-0.15, -0.1) is 0 Å². The molecular weight excluding hydrogens is 372 g/mol. The molecule has 1 N–H and O–H groups in total. The number of carbonyl (C=O) groups is 2. The second-order valence-electron chi connectivity index (χ2n) is 7.19. The predicted octanol–water partition coefficient (Wildman–Crippen LogP) is 3.97. The highest BCUT2D eigenvalue weighted by Gasteiger charge is 2.23. The van der Waals surface area contributed by atoms with Crippen molar-refractivity contribution in [2.75, 3.05) is 7.05 Å². The standard InChI is InChI=1S/C22H26N2O5/c1-15-12-18(13-19(24(28)29)22(15)16(2)25)20(26)10-7-11-21(27)23(3)14-17-8-5-4-6-9-17/h4-6,8-9,12-13,20,26H,7,10-11,14H2,1-3H3. The van der Waals surface area contributed by atoms with Crippen molar-refractivity contribution in [1.29, 1.82) is 0 Å². The number of aliphatic hydroxyl groups excluding tert-OH is 1. The first-order valence-electron chi connectivity index (χ1n) is 9.46. The van der Waals surface area contributed by atoms with Crippen molar-refractivity contribution in [2.24, 2.45) is 0 Å². The summed E-state index contributed by atoms with van der Waals surface area (Å²) in [5.74, 6) is -0.419. The summed E-state index contributed by atoms with van der Waals surface area (Å²) in [6, 6.07) is 12.5. The van der Waals surface area contributed by atoms with Crippen molar-refractivity contribution in [3.8, 4) is 0 Å².